The number of carbonyl (C=O) groups is 1. The number of hydrogen-bond acceptors (Lipinski definition) is 3. The number of nitro benzene ring substituents is 1. The van der Waals surface area contributed by atoms with Crippen molar-refractivity contribution in [2.24, 2.45) is 0 Å². The van der Waals surface area contributed by atoms with Crippen molar-refractivity contribution < 1.29 is 9.72 Å². The van der Waals surface area contributed by atoms with Crippen LogP contribution in [0.3, 0.4) is 0 Å². The number of nitro groups is 1. The minimum absolute atomic E-state index is 0.104. The summed E-state index contributed by atoms with van der Waals surface area (Å²) in [5.74, 6) is -0.195. The second-order valence-electron chi connectivity index (χ2n) is 6.40. The molecule has 1 N–H and O–H groups in total. The van der Waals surface area contributed by atoms with Gasteiger partial charge in [-0.05, 0) is 46.1 Å². The lowest BCUT2D eigenvalue weighted by atomic mass is 9.98. The highest BCUT2D eigenvalue weighted by atomic mass is 79.9. The van der Waals surface area contributed by atoms with E-state index in [4.69, 9.17) is 0 Å². The minimum atomic E-state index is -0.494. The monoisotopic (exact) mass is 425 g/mol. The van der Waals surface area contributed by atoms with Crippen LogP contribution in [0, 0.1) is 10.1 Å². The number of carbonyl (C=O) groups excluding carboxylic acids is 1. The molecule has 136 valence electrons. The Morgan fingerprint density at radius 2 is 2.04 bits per heavy atom. The number of nitrogens with one attached hydrogen (secondary N) is 1. The molecule has 1 aliphatic rings. The molecule has 1 aliphatic heterocycles. The number of hydrogen-bond donors (Lipinski definition) is 1. The Morgan fingerprint density at radius 3 is 2.78 bits per heavy atom. The van der Waals surface area contributed by atoms with Crippen molar-refractivity contribution in [3.8, 4) is 0 Å². The van der Waals surface area contributed by atoms with Crippen molar-refractivity contribution >= 4 is 44.0 Å². The molecular weight excluding hydrogens is 410 g/mol. The van der Waals surface area contributed by atoms with Gasteiger partial charge in [0.2, 0.25) is 0 Å². The lowest BCUT2D eigenvalue weighted by Gasteiger charge is -2.26. The van der Waals surface area contributed by atoms with Gasteiger partial charge in [-0.1, -0.05) is 24.3 Å². The second kappa shape index (κ2) is 7.00. The summed E-state index contributed by atoms with van der Waals surface area (Å²) in [5, 5.41) is 12.3. The van der Waals surface area contributed by atoms with Gasteiger partial charge in [0.15, 0.2) is 0 Å². The zero-order valence-electron chi connectivity index (χ0n) is 14.3. The van der Waals surface area contributed by atoms with Crippen molar-refractivity contribution in [2.75, 3.05) is 13.1 Å². The number of aromatic nitrogens is 1. The Labute approximate surface area is 163 Å². The van der Waals surface area contributed by atoms with Gasteiger partial charge in [0.25, 0.3) is 11.6 Å². The first kappa shape index (κ1) is 17.5. The van der Waals surface area contributed by atoms with Gasteiger partial charge in [-0.15, -0.1) is 0 Å². The third-order valence-corrected chi connectivity index (χ3v) is 5.49. The molecule has 0 aliphatic carbocycles. The molecule has 0 unspecified atom stereocenters. The number of fused-ring (bicyclic) bond motifs is 1. The van der Waals surface area contributed by atoms with Crippen LogP contribution in [0.5, 0.6) is 0 Å². The molecule has 1 amide bonds. The van der Waals surface area contributed by atoms with Crippen LogP contribution >= 0.6 is 15.9 Å². The summed E-state index contributed by atoms with van der Waals surface area (Å²) in [4.78, 5) is 28.3. The molecular formula is C20H16BrN3O3. The van der Waals surface area contributed by atoms with E-state index in [1.165, 1.54) is 17.0 Å². The lowest BCUT2D eigenvalue weighted by Crippen LogP contribution is -2.34. The Bertz CT molecular complexity index is 1090. The summed E-state index contributed by atoms with van der Waals surface area (Å²) in [7, 11) is 0. The van der Waals surface area contributed by atoms with E-state index in [1.54, 1.807) is 17.0 Å². The standard InChI is InChI=1S/C20H16BrN3O3/c21-17-6-5-14(11-19(17)24(26)27)20(25)23-9-7-13(8-10-23)16-12-22-18-4-2-1-3-15(16)18/h1-7,11-12,22H,8-10H2. The molecule has 0 radical (unpaired) electrons. The third kappa shape index (κ3) is 3.26. The van der Waals surface area contributed by atoms with Crippen molar-refractivity contribution in [2.45, 2.75) is 6.42 Å². The quantitative estimate of drug-likeness (QED) is 0.484. The molecule has 4 rings (SSSR count). The Balaban J connectivity index is 1.56. The Kier molecular flexibility index (Phi) is 4.53. The fourth-order valence-electron chi connectivity index (χ4n) is 3.40. The Hall–Kier alpha value is -2.93. The number of para-hydroxylation sites is 1. The number of halogens is 1. The average molecular weight is 426 g/mol. The summed E-state index contributed by atoms with van der Waals surface area (Å²) in [6, 6.07) is 12.6. The van der Waals surface area contributed by atoms with Crippen LogP contribution in [0.4, 0.5) is 5.69 Å². The molecule has 0 saturated heterocycles. The third-order valence-electron chi connectivity index (χ3n) is 4.82. The first-order valence-corrected chi connectivity index (χ1v) is 9.32. The summed E-state index contributed by atoms with van der Waals surface area (Å²) in [6.07, 6.45) is 4.81. The number of amides is 1. The van der Waals surface area contributed by atoms with Gasteiger partial charge in [-0.2, -0.15) is 0 Å². The molecule has 2 aromatic carbocycles. The maximum absolute atomic E-state index is 12.7. The normalized spacial score (nSPS) is 14.3. The molecule has 0 spiro atoms. The summed E-state index contributed by atoms with van der Waals surface area (Å²) >= 11 is 3.15. The molecule has 0 fully saturated rings. The van der Waals surface area contributed by atoms with Gasteiger partial charge in [-0.3, -0.25) is 14.9 Å². The van der Waals surface area contributed by atoms with Crippen LogP contribution in [0.25, 0.3) is 16.5 Å². The zero-order valence-corrected chi connectivity index (χ0v) is 15.9. The van der Waals surface area contributed by atoms with Crippen molar-refractivity contribution in [1.29, 1.82) is 0 Å². The number of H-pyrrole nitrogens is 1. The van der Waals surface area contributed by atoms with Crippen molar-refractivity contribution in [3.63, 3.8) is 0 Å². The first-order valence-electron chi connectivity index (χ1n) is 8.53. The molecule has 27 heavy (non-hydrogen) atoms. The Morgan fingerprint density at radius 1 is 1.22 bits per heavy atom. The summed E-state index contributed by atoms with van der Waals surface area (Å²) in [6.45, 7) is 1.06. The van der Waals surface area contributed by atoms with Crippen LogP contribution < -0.4 is 0 Å². The molecule has 0 atom stereocenters. The van der Waals surface area contributed by atoms with Gasteiger partial charge in [-0.25, -0.2) is 0 Å². The van der Waals surface area contributed by atoms with E-state index in [2.05, 4.69) is 33.1 Å². The van der Waals surface area contributed by atoms with E-state index in [9.17, 15) is 14.9 Å². The number of nitrogens with zero attached hydrogens (tertiary/aromatic N) is 2. The fourth-order valence-corrected chi connectivity index (χ4v) is 3.80. The van der Waals surface area contributed by atoms with Crippen LogP contribution in [0.1, 0.15) is 22.3 Å². The summed E-state index contributed by atoms with van der Waals surface area (Å²) < 4.78 is 0.365. The van der Waals surface area contributed by atoms with Crippen molar-refractivity contribution in [1.82, 2.24) is 9.88 Å². The highest BCUT2D eigenvalue weighted by molar-refractivity contribution is 9.10. The summed E-state index contributed by atoms with van der Waals surface area (Å²) in [5.41, 5.74) is 3.69. The van der Waals surface area contributed by atoms with Crippen LogP contribution in [-0.2, 0) is 0 Å². The van der Waals surface area contributed by atoms with Gasteiger partial charge >= 0.3 is 0 Å². The fraction of sp³-hybridized carbons (Fsp3) is 0.150. The predicted molar refractivity (Wildman–Crippen MR) is 108 cm³/mol. The molecule has 3 aromatic rings. The van der Waals surface area contributed by atoms with E-state index >= 15 is 0 Å². The van der Waals surface area contributed by atoms with E-state index in [0.717, 1.165) is 17.5 Å². The first-order chi connectivity index (χ1) is 13.0. The SMILES string of the molecule is O=C(c1ccc(Br)c([N+](=O)[O-])c1)N1CC=C(c2c[nH]c3ccccc23)CC1. The highest BCUT2D eigenvalue weighted by Crippen LogP contribution is 2.30. The molecule has 0 bridgehead atoms. The second-order valence-corrected chi connectivity index (χ2v) is 7.26. The van der Waals surface area contributed by atoms with Gasteiger partial charge in [0.1, 0.15) is 0 Å². The smallest absolute Gasteiger partial charge is 0.284 e. The van der Waals surface area contributed by atoms with Crippen LogP contribution in [0.2, 0.25) is 0 Å². The molecule has 0 saturated carbocycles. The molecule has 7 heteroatoms. The lowest BCUT2D eigenvalue weighted by molar-refractivity contribution is -0.385. The van der Waals surface area contributed by atoms with E-state index < -0.39 is 4.92 Å². The maximum atomic E-state index is 12.7. The predicted octanol–water partition coefficient (Wildman–Crippen LogP) is 4.77. The van der Waals surface area contributed by atoms with E-state index in [1.807, 2.05) is 24.4 Å². The number of aromatic amines is 1. The minimum Gasteiger partial charge on any atom is -0.361 e. The van der Waals surface area contributed by atoms with Gasteiger partial charge in [0, 0.05) is 47.4 Å². The molecule has 2 heterocycles. The van der Waals surface area contributed by atoms with E-state index in [-0.39, 0.29) is 11.6 Å². The topological polar surface area (TPSA) is 79.2 Å². The molecule has 1 aromatic heterocycles. The highest BCUT2D eigenvalue weighted by Gasteiger charge is 2.23. The van der Waals surface area contributed by atoms with Crippen molar-refractivity contribution in [3.05, 3.63) is 80.5 Å². The van der Waals surface area contributed by atoms with Gasteiger partial charge < -0.3 is 9.88 Å². The van der Waals surface area contributed by atoms with Crippen LogP contribution in [-0.4, -0.2) is 33.8 Å². The molecule has 6 nitrogen and oxygen atoms in total. The number of benzene rings is 2. The largest absolute Gasteiger partial charge is 0.361 e. The maximum Gasteiger partial charge on any atom is 0.284 e. The average Bonchev–Trinajstić information content (AvgIpc) is 3.12. The van der Waals surface area contributed by atoms with Gasteiger partial charge in [0.05, 0.1) is 9.40 Å². The zero-order chi connectivity index (χ0) is 19.0. The van der Waals surface area contributed by atoms with Crippen LogP contribution in [0.15, 0.2) is 59.2 Å². The van der Waals surface area contributed by atoms with E-state index in [0.29, 0.717) is 23.1 Å². The number of rotatable bonds is 3.